The highest BCUT2D eigenvalue weighted by molar-refractivity contribution is 9.10. The Morgan fingerprint density at radius 3 is 1.98 bits per heavy atom. The third kappa shape index (κ3) is 10.1. The number of hydrogen-bond acceptors (Lipinski definition) is 8. The Balaban J connectivity index is 0.000000349. The second-order valence-electron chi connectivity index (χ2n) is 8.10. The van der Waals surface area contributed by atoms with Crippen molar-refractivity contribution in [2.75, 3.05) is 13.1 Å². The number of benzene rings is 1. The fraction of sp³-hybridized carbons (Fsp3) is 0.304. The van der Waals surface area contributed by atoms with Crippen molar-refractivity contribution in [3.05, 3.63) is 64.7 Å². The molecule has 1 saturated heterocycles. The number of carbonyl (C=O) groups is 3. The van der Waals surface area contributed by atoms with E-state index in [1.165, 1.54) is 0 Å². The van der Waals surface area contributed by atoms with Gasteiger partial charge in [0.2, 0.25) is 17.6 Å². The highest BCUT2D eigenvalue weighted by atomic mass is 79.9. The maximum atomic E-state index is 12.7. The number of amides is 1. The lowest BCUT2D eigenvalue weighted by atomic mass is 10.1. The Bertz CT molecular complexity index is 1300. The van der Waals surface area contributed by atoms with E-state index < -0.39 is 30.3 Å². The van der Waals surface area contributed by atoms with Crippen molar-refractivity contribution in [3.8, 4) is 11.4 Å². The van der Waals surface area contributed by atoms with Gasteiger partial charge in [-0.2, -0.15) is 31.3 Å². The van der Waals surface area contributed by atoms with Crippen LogP contribution in [0.5, 0.6) is 0 Å². The van der Waals surface area contributed by atoms with Crippen molar-refractivity contribution in [1.82, 2.24) is 20.0 Å². The molecule has 0 spiro atoms. The molecule has 18 heteroatoms. The number of rotatable bonds is 4. The van der Waals surface area contributed by atoms with Gasteiger partial charge < -0.3 is 25.4 Å². The molecule has 0 radical (unpaired) electrons. The van der Waals surface area contributed by atoms with Crippen LogP contribution in [-0.2, 0) is 14.4 Å². The van der Waals surface area contributed by atoms with Gasteiger partial charge in [0.25, 0.3) is 0 Å². The van der Waals surface area contributed by atoms with E-state index in [4.69, 9.17) is 30.1 Å². The van der Waals surface area contributed by atoms with Crippen molar-refractivity contribution in [2.24, 2.45) is 5.73 Å². The smallest absolute Gasteiger partial charge is 0.475 e. The van der Waals surface area contributed by atoms with Gasteiger partial charge in [0.1, 0.15) is 6.04 Å². The summed E-state index contributed by atoms with van der Waals surface area (Å²) >= 11 is 3.39. The molecule has 4 N–H and O–H groups in total. The SMILES string of the molecule is NC(C(=O)N1CCC(c2nc(-c3ccncc3)no2)C1)c1ccc(Br)cc1.O=C(O)C(F)(F)F.O=C(O)C(F)(F)F. The first-order valence-corrected chi connectivity index (χ1v) is 11.9. The molecule has 0 aliphatic carbocycles. The van der Waals surface area contributed by atoms with Gasteiger partial charge in [-0.25, -0.2) is 9.59 Å². The highest BCUT2D eigenvalue weighted by Crippen LogP contribution is 2.29. The first-order valence-electron chi connectivity index (χ1n) is 11.1. The van der Waals surface area contributed by atoms with E-state index in [1.54, 1.807) is 17.3 Å². The summed E-state index contributed by atoms with van der Waals surface area (Å²) in [5.74, 6) is -4.50. The van der Waals surface area contributed by atoms with E-state index in [0.717, 1.165) is 22.0 Å². The summed E-state index contributed by atoms with van der Waals surface area (Å²) in [5.41, 5.74) is 7.81. The zero-order chi connectivity index (χ0) is 31.0. The fourth-order valence-electron chi connectivity index (χ4n) is 3.19. The van der Waals surface area contributed by atoms with Crippen molar-refractivity contribution < 1.29 is 55.5 Å². The van der Waals surface area contributed by atoms with Crippen LogP contribution in [0.1, 0.15) is 29.8 Å². The van der Waals surface area contributed by atoms with Crippen LogP contribution in [0.2, 0.25) is 0 Å². The van der Waals surface area contributed by atoms with Gasteiger partial charge in [-0.15, -0.1) is 0 Å². The van der Waals surface area contributed by atoms with Crippen LogP contribution < -0.4 is 5.73 Å². The zero-order valence-electron chi connectivity index (χ0n) is 20.4. The fourth-order valence-corrected chi connectivity index (χ4v) is 3.45. The van der Waals surface area contributed by atoms with Gasteiger partial charge in [0.05, 0.1) is 5.92 Å². The number of alkyl halides is 6. The molecular weight excluding hydrogens is 636 g/mol. The molecule has 1 fully saturated rings. The Kier molecular flexibility index (Phi) is 11.3. The van der Waals surface area contributed by atoms with Crippen molar-refractivity contribution in [3.63, 3.8) is 0 Å². The number of nitrogens with zero attached hydrogens (tertiary/aromatic N) is 4. The molecule has 41 heavy (non-hydrogen) atoms. The van der Waals surface area contributed by atoms with Crippen LogP contribution in [0.15, 0.2) is 57.8 Å². The molecule has 3 heterocycles. The van der Waals surface area contributed by atoms with Crippen LogP contribution in [0, 0.1) is 0 Å². The van der Waals surface area contributed by atoms with Crippen LogP contribution in [0.3, 0.4) is 0 Å². The number of aliphatic carboxylic acids is 2. The molecule has 1 amide bonds. The molecule has 222 valence electrons. The number of aromatic nitrogens is 3. The number of halogens is 7. The van der Waals surface area contributed by atoms with E-state index >= 15 is 0 Å². The van der Waals surface area contributed by atoms with Gasteiger partial charge in [0, 0.05) is 35.5 Å². The van der Waals surface area contributed by atoms with Crippen molar-refractivity contribution in [2.45, 2.75) is 30.7 Å². The topological polar surface area (TPSA) is 173 Å². The summed E-state index contributed by atoms with van der Waals surface area (Å²) in [7, 11) is 0. The second kappa shape index (κ2) is 14.0. The van der Waals surface area contributed by atoms with Crippen molar-refractivity contribution >= 4 is 33.8 Å². The molecule has 11 nitrogen and oxygen atoms in total. The molecule has 1 aliphatic rings. The maximum Gasteiger partial charge on any atom is 0.490 e. The van der Waals surface area contributed by atoms with Crippen molar-refractivity contribution in [1.29, 1.82) is 0 Å². The van der Waals surface area contributed by atoms with Crippen LogP contribution in [0.4, 0.5) is 26.3 Å². The Labute approximate surface area is 235 Å². The minimum atomic E-state index is -5.08. The summed E-state index contributed by atoms with van der Waals surface area (Å²) in [6.07, 6.45) is -6.02. The number of pyridine rings is 1. The molecule has 2 unspecified atom stereocenters. The zero-order valence-corrected chi connectivity index (χ0v) is 22.0. The first-order chi connectivity index (χ1) is 19.0. The summed E-state index contributed by atoms with van der Waals surface area (Å²) < 4.78 is 69.9. The number of carboxylic acids is 2. The standard InChI is InChI=1S/C19H18BrN5O2.2C2HF3O2/c20-15-3-1-12(2-4-15)16(21)19(26)25-10-7-14(11-25)18-23-17(24-27-18)13-5-8-22-9-6-13;2*3-2(4,5)1(6)7/h1-6,8-9,14,16H,7,10-11,21H2;2*(H,6,7). The molecule has 3 aromatic rings. The molecule has 0 saturated carbocycles. The third-order valence-electron chi connectivity index (χ3n) is 5.21. The maximum absolute atomic E-state index is 12.7. The van der Waals surface area contributed by atoms with Crippen LogP contribution in [0.25, 0.3) is 11.4 Å². The number of likely N-dealkylation sites (tertiary alicyclic amines) is 1. The Morgan fingerprint density at radius 1 is 0.976 bits per heavy atom. The lowest BCUT2D eigenvalue weighted by Crippen LogP contribution is -2.37. The Morgan fingerprint density at radius 2 is 1.49 bits per heavy atom. The molecule has 4 rings (SSSR count). The van der Waals surface area contributed by atoms with Gasteiger partial charge in [-0.1, -0.05) is 33.2 Å². The van der Waals surface area contributed by atoms with Crippen LogP contribution >= 0.6 is 15.9 Å². The normalized spacial score (nSPS) is 15.6. The number of carboxylic acid groups (broad SMARTS) is 2. The van der Waals surface area contributed by atoms with Gasteiger partial charge in [-0.05, 0) is 36.2 Å². The molecule has 1 aliphatic heterocycles. The quantitative estimate of drug-likeness (QED) is 0.346. The van der Waals surface area contributed by atoms with Gasteiger partial charge in [-0.3, -0.25) is 9.78 Å². The van der Waals surface area contributed by atoms with E-state index in [-0.39, 0.29) is 11.8 Å². The minimum Gasteiger partial charge on any atom is -0.475 e. The average molecular weight is 656 g/mol. The predicted molar refractivity (Wildman–Crippen MR) is 130 cm³/mol. The molecule has 2 aromatic heterocycles. The Hall–Kier alpha value is -4.06. The number of nitrogens with two attached hydrogens (primary N) is 1. The minimum absolute atomic E-state index is 0.0224. The molecule has 1 aromatic carbocycles. The first kappa shape index (κ1) is 33.1. The summed E-state index contributed by atoms with van der Waals surface area (Å²) in [6, 6.07) is 10.5. The molecular formula is C23H20BrF6N5O6. The average Bonchev–Trinajstić information content (AvgIpc) is 3.59. The monoisotopic (exact) mass is 655 g/mol. The number of hydrogen-bond donors (Lipinski definition) is 3. The van der Waals surface area contributed by atoms with E-state index in [9.17, 15) is 31.1 Å². The largest absolute Gasteiger partial charge is 0.490 e. The van der Waals surface area contributed by atoms with E-state index in [0.29, 0.717) is 24.8 Å². The van der Waals surface area contributed by atoms with Gasteiger partial charge >= 0.3 is 24.3 Å². The highest BCUT2D eigenvalue weighted by Gasteiger charge is 2.39. The predicted octanol–water partition coefficient (Wildman–Crippen LogP) is 4.18. The van der Waals surface area contributed by atoms with Crippen LogP contribution in [-0.4, -0.2) is 73.5 Å². The van der Waals surface area contributed by atoms with Gasteiger partial charge in [0.15, 0.2) is 0 Å². The third-order valence-corrected chi connectivity index (χ3v) is 5.74. The molecule has 0 bridgehead atoms. The summed E-state index contributed by atoms with van der Waals surface area (Å²) in [5, 5.41) is 18.3. The van der Waals surface area contributed by atoms with E-state index in [2.05, 4.69) is 31.1 Å². The summed E-state index contributed by atoms with van der Waals surface area (Å²) in [4.78, 5) is 40.8. The second-order valence-corrected chi connectivity index (χ2v) is 9.01. The number of carbonyl (C=O) groups excluding carboxylic acids is 1. The van der Waals surface area contributed by atoms with E-state index in [1.807, 2.05) is 36.4 Å². The molecule has 2 atom stereocenters. The summed E-state index contributed by atoms with van der Waals surface area (Å²) in [6.45, 7) is 1.15. The lowest BCUT2D eigenvalue weighted by molar-refractivity contribution is -0.193. The lowest BCUT2D eigenvalue weighted by Gasteiger charge is -2.20.